The number of rotatable bonds is 10. The van der Waals surface area contributed by atoms with E-state index in [0.717, 1.165) is 0 Å². The van der Waals surface area contributed by atoms with Crippen LogP contribution < -0.4 is 10.2 Å². The molecule has 0 fully saturated rings. The second-order valence-corrected chi connectivity index (χ2v) is 8.01. The summed E-state index contributed by atoms with van der Waals surface area (Å²) in [6, 6.07) is 18.2. The average molecular weight is 586 g/mol. The van der Waals surface area contributed by atoms with Crippen LogP contribution in [-0.2, 0) is 16.5 Å². The zero-order valence-corrected chi connectivity index (χ0v) is 22.0. The Morgan fingerprint density at radius 1 is 0.564 bits per heavy atom. The van der Waals surface area contributed by atoms with Gasteiger partial charge in [-0.05, 0) is 23.3 Å². The van der Waals surface area contributed by atoms with Crippen LogP contribution in [0.3, 0.4) is 0 Å². The number of aliphatic imine (C=N–C) groups is 2. The number of hydrogen-bond donors (Lipinski definition) is 6. The second-order valence-electron chi connectivity index (χ2n) is 8.01. The van der Waals surface area contributed by atoms with Crippen molar-refractivity contribution in [2.24, 2.45) is 9.98 Å². The molecule has 0 spiro atoms. The van der Waals surface area contributed by atoms with Crippen LogP contribution in [0.4, 0.5) is 0 Å². The molecule has 12 heteroatoms. The van der Waals surface area contributed by atoms with Gasteiger partial charge in [0.25, 0.3) is 0 Å². The maximum absolute atomic E-state index is 11.3. The Morgan fingerprint density at radius 3 is 1.13 bits per heavy atom. The van der Waals surface area contributed by atoms with Gasteiger partial charge in [-0.3, -0.25) is 15.0 Å². The van der Waals surface area contributed by atoms with Crippen molar-refractivity contribution in [3.63, 3.8) is 0 Å². The van der Waals surface area contributed by atoms with E-state index in [2.05, 4.69) is 15.0 Å². The van der Waals surface area contributed by atoms with Crippen molar-refractivity contribution >= 4 is 12.4 Å². The third-order valence-electron chi connectivity index (χ3n) is 5.13. The minimum Gasteiger partial charge on any atom is -0.872 e. The van der Waals surface area contributed by atoms with Gasteiger partial charge in [-0.25, -0.2) is 0 Å². The summed E-state index contributed by atoms with van der Waals surface area (Å²) in [6.45, 7) is -2.93. The van der Waals surface area contributed by atoms with Gasteiger partial charge in [0, 0.05) is 24.8 Å². The van der Waals surface area contributed by atoms with Gasteiger partial charge in [0.15, 0.2) is 0 Å². The minimum absolute atomic E-state index is 0. The van der Waals surface area contributed by atoms with E-state index in [0.29, 0.717) is 11.1 Å². The number of aliphatic hydroxyl groups excluding tert-OH is 6. The van der Waals surface area contributed by atoms with E-state index in [1.807, 2.05) is 18.2 Å². The van der Waals surface area contributed by atoms with Crippen LogP contribution >= 0.6 is 0 Å². The summed E-state index contributed by atoms with van der Waals surface area (Å²) in [5.41, 5.74) is -1.96. The molecule has 0 saturated carbocycles. The van der Waals surface area contributed by atoms with Gasteiger partial charge >= 0.3 is 16.5 Å². The molecule has 0 atom stereocenters. The molecule has 214 valence electrons. The van der Waals surface area contributed by atoms with Crippen molar-refractivity contribution < 1.29 is 57.3 Å². The zero-order chi connectivity index (χ0) is 28.3. The average Bonchev–Trinajstić information content (AvgIpc) is 2.98. The molecule has 0 amide bonds. The molecule has 0 saturated heterocycles. The van der Waals surface area contributed by atoms with Crippen molar-refractivity contribution in [1.82, 2.24) is 4.98 Å². The molecule has 2 aromatic carbocycles. The number of nitrogens with zero attached hydrogens (tertiary/aromatic N) is 3. The molecule has 11 nitrogen and oxygen atoms in total. The molecule has 39 heavy (non-hydrogen) atoms. The molecule has 0 unspecified atom stereocenters. The monoisotopic (exact) mass is 585 g/mol. The Bertz CT molecular complexity index is 980. The number of aromatic nitrogens is 1. The van der Waals surface area contributed by atoms with Crippen LogP contribution in [0.2, 0.25) is 0 Å². The maximum atomic E-state index is 11.3. The molecule has 0 aliphatic heterocycles. The molecule has 1 heterocycles. The van der Waals surface area contributed by atoms with E-state index in [1.54, 1.807) is 48.8 Å². The van der Waals surface area contributed by atoms with Crippen molar-refractivity contribution in [3.05, 3.63) is 90.3 Å². The minimum atomic E-state index is -1.33. The van der Waals surface area contributed by atoms with Crippen molar-refractivity contribution in [2.75, 3.05) is 39.6 Å². The van der Waals surface area contributed by atoms with Gasteiger partial charge in [0.2, 0.25) is 0 Å². The SMILES string of the molecule is [Ni+2].[O-]c1ccccc1C=NC(CO)(CO)CO.[O-]c1ccccc1C=NC(CO)(CO)CO.c1ccncc1. The molecular formula is C27H33N3NiO8. The molecule has 0 radical (unpaired) electrons. The van der Waals surface area contributed by atoms with Crippen LogP contribution in [0.25, 0.3) is 0 Å². The number of hydrogen-bond acceptors (Lipinski definition) is 11. The first-order valence-corrected chi connectivity index (χ1v) is 11.5. The van der Waals surface area contributed by atoms with Crippen LogP contribution in [0.15, 0.2) is 89.1 Å². The Balaban J connectivity index is 0.000000598. The van der Waals surface area contributed by atoms with E-state index in [1.165, 1.54) is 24.6 Å². The summed E-state index contributed by atoms with van der Waals surface area (Å²) in [7, 11) is 0. The van der Waals surface area contributed by atoms with Gasteiger partial charge < -0.3 is 40.9 Å². The summed E-state index contributed by atoms with van der Waals surface area (Å²) in [6.07, 6.45) is 6.01. The Kier molecular flexibility index (Phi) is 18.2. The zero-order valence-electron chi connectivity index (χ0n) is 21.1. The first-order chi connectivity index (χ1) is 18.3. The van der Waals surface area contributed by atoms with E-state index >= 15 is 0 Å². The molecule has 6 N–H and O–H groups in total. The fourth-order valence-corrected chi connectivity index (χ4v) is 2.44. The maximum Gasteiger partial charge on any atom is 2.00 e. The number of para-hydroxylation sites is 2. The topological polar surface area (TPSA) is 205 Å². The largest absolute Gasteiger partial charge is 2.00 e. The summed E-state index contributed by atoms with van der Waals surface area (Å²) in [5, 5.41) is 76.7. The number of benzene rings is 2. The van der Waals surface area contributed by atoms with Crippen molar-refractivity contribution in [2.45, 2.75) is 11.1 Å². The molecule has 0 aliphatic carbocycles. The van der Waals surface area contributed by atoms with Crippen molar-refractivity contribution in [1.29, 1.82) is 0 Å². The van der Waals surface area contributed by atoms with E-state index in [9.17, 15) is 10.2 Å². The van der Waals surface area contributed by atoms with Crippen LogP contribution in [0.5, 0.6) is 11.5 Å². The fourth-order valence-electron chi connectivity index (χ4n) is 2.44. The Labute approximate surface area is 237 Å². The van der Waals surface area contributed by atoms with Gasteiger partial charge in [-0.1, -0.05) is 54.6 Å². The first-order valence-electron chi connectivity index (χ1n) is 11.5. The van der Waals surface area contributed by atoms with Gasteiger partial charge in [0.05, 0.1) is 39.6 Å². The molecule has 0 aliphatic rings. The van der Waals surface area contributed by atoms with Crippen LogP contribution in [-0.4, -0.2) is 98.8 Å². The van der Waals surface area contributed by atoms with Gasteiger partial charge in [0.1, 0.15) is 11.1 Å². The molecule has 1 aromatic heterocycles. The fraction of sp³-hybridized carbons (Fsp3) is 0.296. The van der Waals surface area contributed by atoms with Crippen LogP contribution in [0, 0.1) is 0 Å². The predicted molar refractivity (Wildman–Crippen MR) is 139 cm³/mol. The smallest absolute Gasteiger partial charge is 0.872 e. The van der Waals surface area contributed by atoms with Crippen LogP contribution in [0.1, 0.15) is 11.1 Å². The molecule has 3 aromatic rings. The number of pyridine rings is 1. The van der Waals surface area contributed by atoms with E-state index < -0.39 is 50.7 Å². The molecular weight excluding hydrogens is 553 g/mol. The Hall–Kier alpha value is -3.22. The Morgan fingerprint density at radius 2 is 0.897 bits per heavy atom. The third kappa shape index (κ3) is 12.5. The first kappa shape index (κ1) is 35.8. The second kappa shape index (κ2) is 19.8. The summed E-state index contributed by atoms with van der Waals surface area (Å²) in [4.78, 5) is 11.5. The summed E-state index contributed by atoms with van der Waals surface area (Å²) < 4.78 is 0. The predicted octanol–water partition coefficient (Wildman–Crippen LogP) is -1.13. The summed E-state index contributed by atoms with van der Waals surface area (Å²) >= 11 is 0. The number of aliphatic hydroxyl groups is 6. The van der Waals surface area contributed by atoms with Gasteiger partial charge in [-0.2, -0.15) is 0 Å². The summed E-state index contributed by atoms with van der Waals surface area (Å²) in [5.74, 6) is -0.400. The van der Waals surface area contributed by atoms with E-state index in [-0.39, 0.29) is 28.0 Å². The molecule has 0 bridgehead atoms. The normalized spacial score (nSPS) is 11.2. The standard InChI is InChI=1S/2C11H15NO4.C5H5N.Ni/c2*13-6-11(7-14,8-15)12-5-9-3-1-2-4-10(9)16;1-2-4-6-5-3-1;/h2*1-5,13-16H,6-8H2;1-5H;/q;;;+2/p-2. The van der Waals surface area contributed by atoms with Crippen molar-refractivity contribution in [3.8, 4) is 11.5 Å². The quantitative estimate of drug-likeness (QED) is 0.125. The van der Waals surface area contributed by atoms with Gasteiger partial charge in [-0.15, -0.1) is 11.5 Å². The van der Waals surface area contributed by atoms with E-state index in [4.69, 9.17) is 30.6 Å². The third-order valence-corrected chi connectivity index (χ3v) is 5.13. The molecule has 3 rings (SSSR count).